The number of halogens is 2. The highest BCUT2D eigenvalue weighted by atomic mass is 127. The molecule has 0 aromatic heterocycles. The molecule has 0 heterocycles. The molecule has 0 aliphatic rings. The minimum atomic E-state index is -0.409. The first kappa shape index (κ1) is 22.9. The van der Waals surface area contributed by atoms with E-state index in [4.69, 9.17) is 16.3 Å². The second-order valence-corrected chi connectivity index (χ2v) is 8.41. The summed E-state index contributed by atoms with van der Waals surface area (Å²) < 4.78 is 6.75. The van der Waals surface area contributed by atoms with Crippen molar-refractivity contribution in [2.24, 2.45) is 0 Å². The van der Waals surface area contributed by atoms with Crippen molar-refractivity contribution in [2.45, 2.75) is 19.6 Å². The Morgan fingerprint density at radius 1 is 1.16 bits per heavy atom. The number of rotatable bonds is 7. The van der Waals surface area contributed by atoms with E-state index in [0.717, 1.165) is 20.3 Å². The normalized spacial score (nSPS) is 12.0. The second-order valence-electron chi connectivity index (χ2n) is 6.85. The van der Waals surface area contributed by atoms with E-state index < -0.39 is 5.91 Å². The molecule has 156 valence electrons. The molecular formula is C25H20ClIN2O2. The molecule has 1 amide bonds. The third kappa shape index (κ3) is 6.33. The van der Waals surface area contributed by atoms with Gasteiger partial charge in [0.25, 0.3) is 5.91 Å². The number of nitrogens with zero attached hydrogens (tertiary/aromatic N) is 1. The Kier molecular flexibility index (Phi) is 8.10. The van der Waals surface area contributed by atoms with Crippen molar-refractivity contribution in [1.82, 2.24) is 5.32 Å². The monoisotopic (exact) mass is 542 g/mol. The van der Waals surface area contributed by atoms with Gasteiger partial charge in [0.05, 0.1) is 9.61 Å². The first-order chi connectivity index (χ1) is 15.0. The number of benzene rings is 3. The second kappa shape index (κ2) is 11.0. The number of hydrogen-bond acceptors (Lipinski definition) is 3. The minimum absolute atomic E-state index is 0.0447. The molecule has 0 fully saturated rings. The summed E-state index contributed by atoms with van der Waals surface area (Å²) in [5.41, 5.74) is 2.67. The zero-order chi connectivity index (χ0) is 22.2. The highest BCUT2D eigenvalue weighted by Crippen LogP contribution is 2.25. The van der Waals surface area contributed by atoms with E-state index in [2.05, 4.69) is 27.9 Å². The zero-order valence-electron chi connectivity index (χ0n) is 16.8. The molecule has 6 heteroatoms. The first-order valence-corrected chi connectivity index (χ1v) is 11.1. The lowest BCUT2D eigenvalue weighted by Crippen LogP contribution is -2.27. The van der Waals surface area contributed by atoms with Gasteiger partial charge in [-0.05, 0) is 64.9 Å². The molecule has 0 unspecified atom stereocenters. The predicted octanol–water partition coefficient (Wildman–Crippen LogP) is 6.31. The summed E-state index contributed by atoms with van der Waals surface area (Å²) in [7, 11) is 0. The van der Waals surface area contributed by atoms with Crippen LogP contribution in [0, 0.1) is 14.9 Å². The van der Waals surface area contributed by atoms with Crippen LogP contribution in [0.25, 0.3) is 6.08 Å². The smallest absolute Gasteiger partial charge is 0.262 e. The molecule has 1 atom stereocenters. The summed E-state index contributed by atoms with van der Waals surface area (Å²) in [6.07, 6.45) is 1.58. The highest BCUT2D eigenvalue weighted by molar-refractivity contribution is 14.1. The molecule has 31 heavy (non-hydrogen) atoms. The maximum atomic E-state index is 12.6. The first-order valence-electron chi connectivity index (χ1n) is 9.61. The van der Waals surface area contributed by atoms with Crippen LogP contribution in [0.5, 0.6) is 5.75 Å². The SMILES string of the molecule is C[C@H](NC(=O)/C(C#N)=C\c1ccc(OCc2ccccc2Cl)c(I)c1)c1ccccc1. The van der Waals surface area contributed by atoms with Gasteiger partial charge in [0.15, 0.2) is 0 Å². The number of nitriles is 1. The Labute approximate surface area is 200 Å². The Morgan fingerprint density at radius 2 is 1.87 bits per heavy atom. The lowest BCUT2D eigenvalue weighted by atomic mass is 10.1. The van der Waals surface area contributed by atoms with Gasteiger partial charge in [-0.25, -0.2) is 0 Å². The van der Waals surface area contributed by atoms with Crippen LogP contribution in [0.1, 0.15) is 29.7 Å². The molecule has 3 aromatic rings. The third-order valence-electron chi connectivity index (χ3n) is 4.62. The van der Waals surface area contributed by atoms with E-state index in [9.17, 15) is 10.1 Å². The fraction of sp³-hybridized carbons (Fsp3) is 0.120. The van der Waals surface area contributed by atoms with E-state index >= 15 is 0 Å². The van der Waals surface area contributed by atoms with Crippen molar-refractivity contribution in [2.75, 3.05) is 0 Å². The van der Waals surface area contributed by atoms with Gasteiger partial charge in [0, 0.05) is 10.6 Å². The summed E-state index contributed by atoms with van der Waals surface area (Å²) in [6.45, 7) is 2.24. The van der Waals surface area contributed by atoms with Crippen molar-refractivity contribution >= 4 is 46.2 Å². The summed E-state index contributed by atoms with van der Waals surface area (Å²) in [5, 5.41) is 13.0. The van der Waals surface area contributed by atoms with Crippen LogP contribution in [-0.4, -0.2) is 5.91 Å². The van der Waals surface area contributed by atoms with Crippen molar-refractivity contribution in [3.63, 3.8) is 0 Å². The van der Waals surface area contributed by atoms with Crippen molar-refractivity contribution in [1.29, 1.82) is 5.26 Å². The van der Waals surface area contributed by atoms with Gasteiger partial charge in [-0.15, -0.1) is 0 Å². The summed E-state index contributed by atoms with van der Waals surface area (Å²) in [6, 6.07) is 24.4. The average Bonchev–Trinajstić information content (AvgIpc) is 2.78. The van der Waals surface area contributed by atoms with Gasteiger partial charge < -0.3 is 10.1 Å². The molecule has 3 rings (SSSR count). The lowest BCUT2D eigenvalue weighted by Gasteiger charge is -2.14. The number of carbonyl (C=O) groups excluding carboxylic acids is 1. The Bertz CT molecular complexity index is 1140. The molecule has 4 nitrogen and oxygen atoms in total. The van der Waals surface area contributed by atoms with E-state index in [0.29, 0.717) is 17.4 Å². The fourth-order valence-electron chi connectivity index (χ4n) is 2.91. The van der Waals surface area contributed by atoms with E-state index in [1.54, 1.807) is 6.08 Å². The zero-order valence-corrected chi connectivity index (χ0v) is 19.7. The number of nitrogens with one attached hydrogen (secondary N) is 1. The van der Waals surface area contributed by atoms with Gasteiger partial charge in [-0.1, -0.05) is 66.2 Å². The Morgan fingerprint density at radius 3 is 2.55 bits per heavy atom. The molecule has 0 aliphatic heterocycles. The van der Waals surface area contributed by atoms with Crippen molar-refractivity contribution in [3.8, 4) is 11.8 Å². The number of amides is 1. The molecule has 0 aliphatic carbocycles. The molecule has 0 bridgehead atoms. The van der Waals surface area contributed by atoms with Crippen LogP contribution in [-0.2, 0) is 11.4 Å². The summed E-state index contributed by atoms with van der Waals surface area (Å²) in [5.74, 6) is 0.297. The predicted molar refractivity (Wildman–Crippen MR) is 132 cm³/mol. The van der Waals surface area contributed by atoms with Gasteiger partial charge in [-0.2, -0.15) is 5.26 Å². The topological polar surface area (TPSA) is 62.1 Å². The number of ether oxygens (including phenoxy) is 1. The molecule has 3 aromatic carbocycles. The number of carbonyl (C=O) groups is 1. The molecule has 0 saturated carbocycles. The number of hydrogen-bond donors (Lipinski definition) is 1. The molecule has 0 saturated heterocycles. The summed E-state index contributed by atoms with van der Waals surface area (Å²) in [4.78, 5) is 12.6. The fourth-order valence-corrected chi connectivity index (χ4v) is 3.79. The lowest BCUT2D eigenvalue weighted by molar-refractivity contribution is -0.117. The Balaban J connectivity index is 1.69. The maximum absolute atomic E-state index is 12.6. The Hall–Kier alpha value is -2.82. The maximum Gasteiger partial charge on any atom is 0.262 e. The van der Waals surface area contributed by atoms with Crippen LogP contribution < -0.4 is 10.1 Å². The van der Waals surface area contributed by atoms with Crippen LogP contribution in [0.4, 0.5) is 0 Å². The minimum Gasteiger partial charge on any atom is -0.488 e. The van der Waals surface area contributed by atoms with E-state index in [1.807, 2.05) is 85.8 Å². The van der Waals surface area contributed by atoms with Gasteiger partial charge >= 0.3 is 0 Å². The van der Waals surface area contributed by atoms with Crippen LogP contribution >= 0.6 is 34.2 Å². The van der Waals surface area contributed by atoms with Crippen LogP contribution in [0.15, 0.2) is 78.4 Å². The third-order valence-corrected chi connectivity index (χ3v) is 5.83. The largest absolute Gasteiger partial charge is 0.488 e. The van der Waals surface area contributed by atoms with Crippen LogP contribution in [0.3, 0.4) is 0 Å². The molecule has 0 radical (unpaired) electrons. The van der Waals surface area contributed by atoms with Crippen molar-refractivity contribution in [3.05, 3.63) is 104 Å². The quantitative estimate of drug-likeness (QED) is 0.216. The standard InChI is InChI=1S/C25H20ClIN2O2/c1-17(19-7-3-2-4-8-19)29-25(30)21(15-28)13-18-11-12-24(23(27)14-18)31-16-20-9-5-6-10-22(20)26/h2-14,17H,16H2,1H3,(H,29,30)/b21-13-/t17-/m0/s1. The van der Waals surface area contributed by atoms with E-state index in [1.165, 1.54) is 0 Å². The summed E-state index contributed by atoms with van der Waals surface area (Å²) >= 11 is 8.35. The molecular weight excluding hydrogens is 523 g/mol. The average molecular weight is 543 g/mol. The van der Waals surface area contributed by atoms with Crippen LogP contribution in [0.2, 0.25) is 5.02 Å². The van der Waals surface area contributed by atoms with Gasteiger partial charge in [0.2, 0.25) is 0 Å². The van der Waals surface area contributed by atoms with Gasteiger partial charge in [0.1, 0.15) is 24.0 Å². The van der Waals surface area contributed by atoms with Gasteiger partial charge in [-0.3, -0.25) is 4.79 Å². The molecule has 0 spiro atoms. The molecule has 1 N–H and O–H groups in total. The van der Waals surface area contributed by atoms with Crippen molar-refractivity contribution < 1.29 is 9.53 Å². The van der Waals surface area contributed by atoms with E-state index in [-0.39, 0.29) is 11.6 Å². The highest BCUT2D eigenvalue weighted by Gasteiger charge is 2.14.